The van der Waals surface area contributed by atoms with Gasteiger partial charge in [0.25, 0.3) is 0 Å². The second-order valence-corrected chi connectivity index (χ2v) is 7.52. The fourth-order valence-corrected chi connectivity index (χ4v) is 2.81. The molecule has 0 radical (unpaired) electrons. The Morgan fingerprint density at radius 1 is 0.793 bits per heavy atom. The van der Waals surface area contributed by atoms with Crippen LogP contribution in [0.1, 0.15) is 26.7 Å². The van der Waals surface area contributed by atoms with Crippen LogP contribution < -0.4 is 21.3 Å². The van der Waals surface area contributed by atoms with Gasteiger partial charge in [-0.05, 0) is 55.2 Å². The van der Waals surface area contributed by atoms with E-state index in [1.807, 2.05) is 32.0 Å². The van der Waals surface area contributed by atoms with Crippen molar-refractivity contribution in [2.75, 3.05) is 16.0 Å². The quantitative estimate of drug-likeness (QED) is 0.574. The van der Waals surface area contributed by atoms with Crippen LogP contribution in [-0.2, 0) is 9.59 Å². The summed E-state index contributed by atoms with van der Waals surface area (Å²) in [7, 11) is 0. The summed E-state index contributed by atoms with van der Waals surface area (Å²) in [5.74, 6) is -0.240. The van der Waals surface area contributed by atoms with Gasteiger partial charge in [-0.1, -0.05) is 32.0 Å². The van der Waals surface area contributed by atoms with Gasteiger partial charge >= 0.3 is 6.03 Å². The maximum Gasteiger partial charge on any atom is 0.319 e. The average molecular weight is 394 g/mol. The maximum atomic E-state index is 12.7. The van der Waals surface area contributed by atoms with Gasteiger partial charge in [0.15, 0.2) is 0 Å². The summed E-state index contributed by atoms with van der Waals surface area (Å²) in [6, 6.07) is 14.8. The third-order valence-electron chi connectivity index (χ3n) is 4.64. The normalized spacial score (nSPS) is 14.0. The van der Waals surface area contributed by atoms with Gasteiger partial charge in [-0.3, -0.25) is 9.59 Å². The second kappa shape index (κ2) is 9.23. The number of nitrogens with one attached hydrogen (secondary N) is 4. The summed E-state index contributed by atoms with van der Waals surface area (Å²) < 4.78 is 0. The molecule has 1 unspecified atom stereocenters. The smallest absolute Gasteiger partial charge is 0.319 e. The fraction of sp³-hybridized carbons (Fsp3) is 0.318. The van der Waals surface area contributed by atoms with Crippen molar-refractivity contribution in [3.05, 3.63) is 54.6 Å². The lowest BCUT2D eigenvalue weighted by Crippen LogP contribution is -2.48. The zero-order valence-electron chi connectivity index (χ0n) is 16.6. The summed E-state index contributed by atoms with van der Waals surface area (Å²) in [6.45, 7) is 3.73. The number of hydrogen-bond acceptors (Lipinski definition) is 3. The molecule has 7 nitrogen and oxygen atoms in total. The monoisotopic (exact) mass is 394 g/mol. The van der Waals surface area contributed by atoms with Crippen LogP contribution in [0, 0.1) is 11.8 Å². The Morgan fingerprint density at radius 2 is 1.34 bits per heavy atom. The van der Waals surface area contributed by atoms with Crippen LogP contribution in [0.2, 0.25) is 0 Å². The Labute approximate surface area is 170 Å². The van der Waals surface area contributed by atoms with Gasteiger partial charge in [0.2, 0.25) is 11.8 Å². The lowest BCUT2D eigenvalue weighted by Gasteiger charge is -2.22. The first-order valence-electron chi connectivity index (χ1n) is 9.76. The van der Waals surface area contributed by atoms with Crippen LogP contribution >= 0.6 is 0 Å². The molecule has 1 aliphatic rings. The van der Waals surface area contributed by atoms with Gasteiger partial charge in [-0.2, -0.15) is 0 Å². The molecule has 1 fully saturated rings. The number of amides is 4. The number of hydrogen-bond donors (Lipinski definition) is 4. The van der Waals surface area contributed by atoms with Crippen molar-refractivity contribution >= 4 is 34.9 Å². The molecule has 152 valence electrons. The molecule has 3 rings (SSSR count). The highest BCUT2D eigenvalue weighted by Crippen LogP contribution is 2.30. The standard InChI is InChI=1S/C22H26N4O3/c1-14(2)19(26-22(29)25-16-6-4-3-5-7-16)21(28)24-18-12-10-17(11-13-18)23-20(27)15-8-9-15/h3-7,10-15,19H,8-9H2,1-2H3,(H,23,27)(H,24,28)(H2,25,26,29). The van der Waals surface area contributed by atoms with Gasteiger partial charge in [0.05, 0.1) is 0 Å². The van der Waals surface area contributed by atoms with E-state index < -0.39 is 12.1 Å². The first kappa shape index (κ1) is 20.4. The van der Waals surface area contributed by atoms with Crippen molar-refractivity contribution in [3.63, 3.8) is 0 Å². The molecule has 0 spiro atoms. The van der Waals surface area contributed by atoms with Gasteiger partial charge in [0, 0.05) is 23.0 Å². The zero-order chi connectivity index (χ0) is 20.8. The van der Waals surface area contributed by atoms with Crippen molar-refractivity contribution in [3.8, 4) is 0 Å². The van der Waals surface area contributed by atoms with Crippen LogP contribution in [0.4, 0.5) is 21.9 Å². The minimum Gasteiger partial charge on any atom is -0.326 e. The second-order valence-electron chi connectivity index (χ2n) is 7.52. The lowest BCUT2D eigenvalue weighted by atomic mass is 10.0. The van der Waals surface area contributed by atoms with E-state index in [4.69, 9.17) is 0 Å². The van der Waals surface area contributed by atoms with Crippen LogP contribution in [-0.4, -0.2) is 23.9 Å². The van der Waals surface area contributed by atoms with Gasteiger partial charge < -0.3 is 21.3 Å². The number of benzene rings is 2. The molecular weight excluding hydrogens is 368 g/mol. The van der Waals surface area contributed by atoms with Crippen molar-refractivity contribution in [2.24, 2.45) is 11.8 Å². The number of para-hydroxylation sites is 1. The third kappa shape index (κ3) is 6.07. The molecule has 0 bridgehead atoms. The topological polar surface area (TPSA) is 99.3 Å². The van der Waals surface area contributed by atoms with Gasteiger partial charge in [-0.15, -0.1) is 0 Å². The molecule has 1 atom stereocenters. The average Bonchev–Trinajstić information content (AvgIpc) is 3.53. The van der Waals surface area contributed by atoms with E-state index >= 15 is 0 Å². The maximum absolute atomic E-state index is 12.7. The van der Waals surface area contributed by atoms with E-state index in [9.17, 15) is 14.4 Å². The first-order chi connectivity index (χ1) is 13.9. The van der Waals surface area contributed by atoms with Crippen LogP contribution in [0.3, 0.4) is 0 Å². The van der Waals surface area contributed by atoms with Gasteiger partial charge in [-0.25, -0.2) is 4.79 Å². The molecule has 1 aliphatic carbocycles. The predicted molar refractivity (Wildman–Crippen MR) is 114 cm³/mol. The molecule has 1 saturated carbocycles. The van der Waals surface area contributed by atoms with Crippen molar-refractivity contribution in [2.45, 2.75) is 32.7 Å². The van der Waals surface area contributed by atoms with Crippen LogP contribution in [0.25, 0.3) is 0 Å². The number of carbonyl (C=O) groups is 3. The molecule has 0 aliphatic heterocycles. The molecule has 7 heteroatoms. The van der Waals surface area contributed by atoms with Crippen molar-refractivity contribution in [1.82, 2.24) is 5.32 Å². The van der Waals surface area contributed by atoms with Crippen molar-refractivity contribution < 1.29 is 14.4 Å². The first-order valence-corrected chi connectivity index (χ1v) is 9.76. The van der Waals surface area contributed by atoms with E-state index in [1.54, 1.807) is 36.4 Å². The predicted octanol–water partition coefficient (Wildman–Crippen LogP) is 3.82. The molecule has 4 amide bonds. The number of rotatable bonds is 7. The summed E-state index contributed by atoms with van der Waals surface area (Å²) in [6.07, 6.45) is 1.89. The Hall–Kier alpha value is -3.35. The fourth-order valence-electron chi connectivity index (χ4n) is 2.81. The minimum atomic E-state index is -0.701. The Kier molecular flexibility index (Phi) is 6.49. The summed E-state index contributed by atoms with van der Waals surface area (Å²) in [5.41, 5.74) is 1.94. The summed E-state index contributed by atoms with van der Waals surface area (Å²) >= 11 is 0. The molecular formula is C22H26N4O3. The van der Waals surface area contributed by atoms with E-state index in [1.165, 1.54) is 0 Å². The molecule has 2 aromatic carbocycles. The van der Waals surface area contributed by atoms with E-state index in [0.717, 1.165) is 12.8 Å². The molecule has 2 aromatic rings. The van der Waals surface area contributed by atoms with Crippen molar-refractivity contribution in [1.29, 1.82) is 0 Å². The Bertz CT molecular complexity index is 861. The summed E-state index contributed by atoms with van der Waals surface area (Å²) in [5, 5.41) is 11.1. The molecule has 29 heavy (non-hydrogen) atoms. The highest BCUT2D eigenvalue weighted by molar-refractivity contribution is 5.99. The largest absolute Gasteiger partial charge is 0.326 e. The molecule has 0 aromatic heterocycles. The Balaban J connectivity index is 1.55. The molecule has 0 heterocycles. The van der Waals surface area contributed by atoms with Crippen LogP contribution in [0.5, 0.6) is 0 Å². The van der Waals surface area contributed by atoms with Crippen LogP contribution in [0.15, 0.2) is 54.6 Å². The molecule has 0 saturated heterocycles. The third-order valence-corrected chi connectivity index (χ3v) is 4.64. The zero-order valence-corrected chi connectivity index (χ0v) is 16.6. The van der Waals surface area contributed by atoms with E-state index in [2.05, 4.69) is 21.3 Å². The highest BCUT2D eigenvalue weighted by Gasteiger charge is 2.29. The van der Waals surface area contributed by atoms with E-state index in [0.29, 0.717) is 17.1 Å². The number of carbonyl (C=O) groups excluding carboxylic acids is 3. The van der Waals surface area contributed by atoms with E-state index in [-0.39, 0.29) is 23.7 Å². The minimum absolute atomic E-state index is 0.0373. The van der Waals surface area contributed by atoms with Gasteiger partial charge in [0.1, 0.15) is 6.04 Å². The lowest BCUT2D eigenvalue weighted by molar-refractivity contribution is -0.119. The molecule has 4 N–H and O–H groups in total. The highest BCUT2D eigenvalue weighted by atomic mass is 16.2. The number of anilines is 3. The number of urea groups is 1. The Morgan fingerprint density at radius 3 is 1.90 bits per heavy atom. The summed E-state index contributed by atoms with van der Waals surface area (Å²) in [4.78, 5) is 36.7. The SMILES string of the molecule is CC(C)C(NC(=O)Nc1ccccc1)C(=O)Nc1ccc(NC(=O)C2CC2)cc1.